The maximum absolute atomic E-state index is 13.7. The summed E-state index contributed by atoms with van der Waals surface area (Å²) in [6, 6.07) is 19.5. The number of ether oxygens (including phenoxy) is 3. The minimum Gasteiger partial charge on any atom is -0.481 e. The van der Waals surface area contributed by atoms with Crippen LogP contribution in [-0.2, 0) is 47.1 Å². The van der Waals surface area contributed by atoms with Gasteiger partial charge in [0, 0.05) is 54.9 Å². The molecule has 1 spiro atoms. The number of hydrogen-bond acceptors (Lipinski definition) is 9. The fourth-order valence-corrected chi connectivity index (χ4v) is 8.38. The molecule has 3 heterocycles. The number of carboxylic acid groups (broad SMARTS) is 1. The number of likely N-dealkylation sites (tertiary alicyclic amines) is 1. The lowest BCUT2D eigenvalue weighted by atomic mass is 9.74. The molecule has 5 atom stereocenters. The molecule has 2 amide bonds. The maximum Gasteiger partial charge on any atom is 0.339 e. The molecular formula is C42H48N2O9. The Morgan fingerprint density at radius 3 is 2.43 bits per heavy atom. The van der Waals surface area contributed by atoms with Crippen molar-refractivity contribution in [2.24, 2.45) is 23.7 Å². The molecule has 0 aliphatic carbocycles. The van der Waals surface area contributed by atoms with Crippen LogP contribution in [0.25, 0.3) is 0 Å². The van der Waals surface area contributed by atoms with E-state index in [1.165, 1.54) is 11.8 Å². The predicted octanol–water partition coefficient (Wildman–Crippen LogP) is 6.53. The van der Waals surface area contributed by atoms with Gasteiger partial charge in [0.05, 0.1) is 29.9 Å². The van der Waals surface area contributed by atoms with Crippen molar-refractivity contribution in [1.82, 2.24) is 4.90 Å². The van der Waals surface area contributed by atoms with Crippen LogP contribution in [0.2, 0.25) is 0 Å². The smallest absolute Gasteiger partial charge is 0.339 e. The largest absolute Gasteiger partial charge is 0.481 e. The fraction of sp³-hybridized carbons (Fsp3) is 0.452. The van der Waals surface area contributed by atoms with Gasteiger partial charge in [-0.15, -0.1) is 0 Å². The number of carboxylic acids is 1. The zero-order valence-corrected chi connectivity index (χ0v) is 31.1. The third-order valence-electron chi connectivity index (χ3n) is 11.2. The Labute approximate surface area is 310 Å². The Kier molecular flexibility index (Phi) is 10.9. The molecule has 0 radical (unpaired) electrons. The summed E-state index contributed by atoms with van der Waals surface area (Å²) in [6.07, 6.45) is 2.98. The Balaban J connectivity index is 1.22. The van der Waals surface area contributed by atoms with E-state index in [0.29, 0.717) is 49.2 Å². The number of amides is 2. The molecule has 0 saturated carbocycles. The Bertz CT molecular complexity index is 1920. The summed E-state index contributed by atoms with van der Waals surface area (Å²) in [7, 11) is 0. The standard InChI is InChI=1S/C42H48N2O9/c1-6-43(7-2)29-20-21-31-33(23-29)52-32-19-14-17-27(36(32)42(31)24-28-16-11-12-18-30(28)40(49)53-42)15-10-9-13-22-44-37(45)25(4)34(38(44)46)35(26(5)39(47)48)41(50)51-8-3/h11-12,14,16-21,23,25-26,34-35H,6-10,13,15,22,24H2,1-5H3,(H,47,48). The van der Waals surface area contributed by atoms with Crippen LogP contribution in [0.15, 0.2) is 60.7 Å². The van der Waals surface area contributed by atoms with E-state index in [4.69, 9.17) is 14.2 Å². The summed E-state index contributed by atoms with van der Waals surface area (Å²) in [5.41, 5.74) is 3.98. The Morgan fingerprint density at radius 1 is 0.962 bits per heavy atom. The normalized spacial score (nSPS) is 21.2. The maximum atomic E-state index is 13.7. The number of hydrogen-bond donors (Lipinski definition) is 1. The van der Waals surface area contributed by atoms with Gasteiger partial charge in [-0.05, 0) is 75.4 Å². The minimum atomic E-state index is -1.27. The SMILES string of the molecule is CCOC(=O)C(C(C)C(=O)O)C1C(=O)N(CCCCCc2cccc3c2C2(Cc4ccccc4C(=O)O2)c2ccc(N(CC)CC)cc2O3)C(=O)C1C. The number of carbonyl (C=O) groups is 5. The van der Waals surface area contributed by atoms with E-state index in [9.17, 15) is 29.1 Å². The van der Waals surface area contributed by atoms with Gasteiger partial charge in [-0.3, -0.25) is 24.1 Å². The molecule has 280 valence electrons. The molecule has 3 aliphatic heterocycles. The number of aliphatic carboxylic acids is 1. The number of rotatable bonds is 14. The van der Waals surface area contributed by atoms with Crippen molar-refractivity contribution in [2.75, 3.05) is 31.1 Å². The first kappa shape index (κ1) is 37.6. The number of anilines is 1. The van der Waals surface area contributed by atoms with E-state index >= 15 is 0 Å². The molecule has 1 saturated heterocycles. The molecule has 3 aromatic carbocycles. The van der Waals surface area contributed by atoms with Crippen LogP contribution < -0.4 is 9.64 Å². The number of esters is 2. The van der Waals surface area contributed by atoms with Crippen LogP contribution in [0.1, 0.15) is 86.5 Å². The van der Waals surface area contributed by atoms with Gasteiger partial charge < -0.3 is 24.2 Å². The first-order valence-electron chi connectivity index (χ1n) is 18.7. The van der Waals surface area contributed by atoms with Gasteiger partial charge in [0.15, 0.2) is 5.60 Å². The third-order valence-corrected chi connectivity index (χ3v) is 11.2. The second kappa shape index (κ2) is 15.4. The van der Waals surface area contributed by atoms with Crippen molar-refractivity contribution in [2.45, 2.75) is 72.3 Å². The van der Waals surface area contributed by atoms with Crippen LogP contribution in [0.5, 0.6) is 11.5 Å². The van der Waals surface area contributed by atoms with Crippen molar-refractivity contribution in [3.63, 3.8) is 0 Å². The zero-order valence-electron chi connectivity index (χ0n) is 31.1. The van der Waals surface area contributed by atoms with Crippen molar-refractivity contribution in [3.05, 3.63) is 88.5 Å². The van der Waals surface area contributed by atoms with Crippen LogP contribution in [0, 0.1) is 23.7 Å². The van der Waals surface area contributed by atoms with E-state index in [1.54, 1.807) is 19.9 Å². The van der Waals surface area contributed by atoms with E-state index in [0.717, 1.165) is 41.0 Å². The second-order valence-electron chi connectivity index (χ2n) is 14.2. The topological polar surface area (TPSA) is 140 Å². The molecule has 3 aromatic rings. The third kappa shape index (κ3) is 6.77. The van der Waals surface area contributed by atoms with Gasteiger partial charge in [-0.2, -0.15) is 0 Å². The van der Waals surface area contributed by atoms with E-state index in [1.807, 2.05) is 48.5 Å². The number of fused-ring (bicyclic) bond motifs is 5. The van der Waals surface area contributed by atoms with Gasteiger partial charge in [0.2, 0.25) is 11.8 Å². The Hall–Kier alpha value is -5.19. The van der Waals surface area contributed by atoms with E-state index in [2.05, 4.69) is 24.8 Å². The van der Waals surface area contributed by atoms with Crippen molar-refractivity contribution >= 4 is 35.4 Å². The molecule has 53 heavy (non-hydrogen) atoms. The molecule has 0 aromatic heterocycles. The second-order valence-corrected chi connectivity index (χ2v) is 14.2. The number of unbranched alkanes of at least 4 members (excludes halogenated alkanes) is 2. The fourth-order valence-electron chi connectivity index (χ4n) is 8.38. The van der Waals surface area contributed by atoms with Crippen LogP contribution in [0.3, 0.4) is 0 Å². The molecule has 3 aliphatic rings. The van der Waals surface area contributed by atoms with Crippen LogP contribution >= 0.6 is 0 Å². The van der Waals surface area contributed by atoms with Gasteiger partial charge in [-0.1, -0.05) is 50.6 Å². The monoisotopic (exact) mass is 724 g/mol. The number of benzene rings is 3. The summed E-state index contributed by atoms with van der Waals surface area (Å²) in [5, 5.41) is 9.69. The Morgan fingerprint density at radius 2 is 1.72 bits per heavy atom. The number of nitrogens with zero attached hydrogens (tertiary/aromatic N) is 2. The van der Waals surface area contributed by atoms with Crippen molar-refractivity contribution in [3.8, 4) is 11.5 Å². The highest BCUT2D eigenvalue weighted by Gasteiger charge is 2.54. The number of aryl methyl sites for hydroxylation is 1. The molecular weight excluding hydrogens is 676 g/mol. The van der Waals surface area contributed by atoms with Gasteiger partial charge in [0.25, 0.3) is 0 Å². The van der Waals surface area contributed by atoms with Gasteiger partial charge in [0.1, 0.15) is 11.5 Å². The summed E-state index contributed by atoms with van der Waals surface area (Å²) >= 11 is 0. The van der Waals surface area contributed by atoms with Crippen LogP contribution in [-0.4, -0.2) is 66.0 Å². The lowest BCUT2D eigenvalue weighted by Crippen LogP contribution is -2.43. The van der Waals surface area contributed by atoms with Crippen molar-refractivity contribution in [1.29, 1.82) is 0 Å². The highest BCUT2D eigenvalue weighted by molar-refractivity contribution is 6.07. The molecule has 1 fully saturated rings. The average Bonchev–Trinajstić information content (AvgIpc) is 3.34. The van der Waals surface area contributed by atoms with E-state index < -0.39 is 53.0 Å². The molecule has 6 rings (SSSR count). The number of carbonyl (C=O) groups excluding carboxylic acids is 4. The minimum absolute atomic E-state index is 0.0340. The molecule has 11 nitrogen and oxygen atoms in total. The molecule has 0 bridgehead atoms. The van der Waals surface area contributed by atoms with Gasteiger partial charge in [-0.25, -0.2) is 4.79 Å². The first-order chi connectivity index (χ1) is 25.5. The highest BCUT2D eigenvalue weighted by atomic mass is 16.6. The van der Waals surface area contributed by atoms with Gasteiger partial charge >= 0.3 is 17.9 Å². The molecule has 11 heteroatoms. The average molecular weight is 725 g/mol. The van der Waals surface area contributed by atoms with Crippen LogP contribution in [0.4, 0.5) is 5.69 Å². The number of imide groups is 1. The predicted molar refractivity (Wildman–Crippen MR) is 197 cm³/mol. The lowest BCUT2D eigenvalue weighted by molar-refractivity contribution is -0.162. The quantitative estimate of drug-likeness (QED) is 0.111. The summed E-state index contributed by atoms with van der Waals surface area (Å²) in [6.45, 7) is 10.6. The summed E-state index contributed by atoms with van der Waals surface area (Å²) < 4.78 is 18.3. The molecule has 1 N–H and O–H groups in total. The van der Waals surface area contributed by atoms with Crippen molar-refractivity contribution < 1.29 is 43.3 Å². The van der Waals surface area contributed by atoms with E-state index in [-0.39, 0.29) is 19.1 Å². The summed E-state index contributed by atoms with van der Waals surface area (Å²) in [4.78, 5) is 68.7. The lowest BCUT2D eigenvalue weighted by Gasteiger charge is -2.43. The first-order valence-corrected chi connectivity index (χ1v) is 18.7. The zero-order chi connectivity index (χ0) is 38.0. The summed E-state index contributed by atoms with van der Waals surface area (Å²) in [5.74, 6) is -6.47. The highest BCUT2D eigenvalue weighted by Crippen LogP contribution is 2.54. The molecule has 5 unspecified atom stereocenters.